The fraction of sp³-hybridized carbons (Fsp3) is 0.609. The zero-order valence-corrected chi connectivity index (χ0v) is 20.0. The van der Waals surface area contributed by atoms with Gasteiger partial charge in [-0.1, -0.05) is 12.1 Å². The van der Waals surface area contributed by atoms with E-state index in [0.717, 1.165) is 17.1 Å². The second-order valence-electron chi connectivity index (χ2n) is 9.39. The van der Waals surface area contributed by atoms with Gasteiger partial charge in [0.2, 0.25) is 0 Å². The SMILES string of the molecule is COc1ccccc1-n1c(C)cn([C@H]2[C@H]3OC(C)(C)O[C@H]3O[C@@H]2[C@H]2COC(C)(C)O2)c1=S. The molecule has 3 aliphatic heterocycles. The van der Waals surface area contributed by atoms with Crippen molar-refractivity contribution in [1.29, 1.82) is 0 Å². The minimum atomic E-state index is -0.743. The third kappa shape index (κ3) is 3.61. The lowest BCUT2D eigenvalue weighted by Crippen LogP contribution is -2.40. The van der Waals surface area contributed by atoms with Crippen LogP contribution in [-0.2, 0) is 23.7 Å². The summed E-state index contributed by atoms with van der Waals surface area (Å²) in [4.78, 5) is 0. The fourth-order valence-electron chi connectivity index (χ4n) is 4.92. The molecule has 0 spiro atoms. The normalized spacial score (nSPS) is 32.9. The lowest BCUT2D eigenvalue weighted by molar-refractivity contribution is -0.225. The second kappa shape index (κ2) is 7.65. The van der Waals surface area contributed by atoms with E-state index < -0.39 is 17.9 Å². The molecule has 5 atom stereocenters. The number of aromatic nitrogens is 2. The second-order valence-corrected chi connectivity index (χ2v) is 9.76. The summed E-state index contributed by atoms with van der Waals surface area (Å²) in [6.45, 7) is 10.0. The molecule has 3 aliphatic rings. The molecule has 5 rings (SSSR count). The zero-order valence-electron chi connectivity index (χ0n) is 19.2. The molecule has 32 heavy (non-hydrogen) atoms. The van der Waals surface area contributed by atoms with Crippen LogP contribution < -0.4 is 4.74 Å². The summed E-state index contributed by atoms with van der Waals surface area (Å²) in [6.07, 6.45) is 0.578. The van der Waals surface area contributed by atoms with Crippen LogP contribution >= 0.6 is 12.2 Å². The Morgan fingerprint density at radius 3 is 2.47 bits per heavy atom. The minimum Gasteiger partial charge on any atom is -0.495 e. The van der Waals surface area contributed by atoms with Crippen molar-refractivity contribution in [1.82, 2.24) is 9.13 Å². The number of para-hydroxylation sites is 2. The van der Waals surface area contributed by atoms with Crippen LogP contribution in [0.2, 0.25) is 0 Å². The predicted molar refractivity (Wildman–Crippen MR) is 119 cm³/mol. The number of methoxy groups -OCH3 is 1. The highest BCUT2D eigenvalue weighted by molar-refractivity contribution is 7.71. The molecule has 8 nitrogen and oxygen atoms in total. The molecule has 0 saturated carbocycles. The van der Waals surface area contributed by atoms with E-state index in [0.29, 0.717) is 11.4 Å². The van der Waals surface area contributed by atoms with E-state index in [1.54, 1.807) is 7.11 Å². The molecule has 4 heterocycles. The van der Waals surface area contributed by atoms with E-state index in [1.165, 1.54) is 0 Å². The first kappa shape index (κ1) is 22.1. The number of hydrogen-bond acceptors (Lipinski definition) is 7. The number of ether oxygens (including phenoxy) is 6. The van der Waals surface area contributed by atoms with Gasteiger partial charge in [-0.15, -0.1) is 0 Å². The Kier molecular flexibility index (Phi) is 5.27. The van der Waals surface area contributed by atoms with Crippen molar-refractivity contribution in [3.63, 3.8) is 0 Å². The Morgan fingerprint density at radius 1 is 1.03 bits per heavy atom. The maximum atomic E-state index is 6.37. The van der Waals surface area contributed by atoms with E-state index in [9.17, 15) is 0 Å². The van der Waals surface area contributed by atoms with Gasteiger partial charge in [-0.3, -0.25) is 4.57 Å². The summed E-state index contributed by atoms with van der Waals surface area (Å²) in [5.74, 6) is -0.664. The van der Waals surface area contributed by atoms with Crippen molar-refractivity contribution in [2.75, 3.05) is 13.7 Å². The maximum absolute atomic E-state index is 6.37. The fourth-order valence-corrected chi connectivity index (χ4v) is 5.34. The number of hydrogen-bond donors (Lipinski definition) is 0. The van der Waals surface area contributed by atoms with Crippen molar-refractivity contribution < 1.29 is 28.4 Å². The third-order valence-corrected chi connectivity index (χ3v) is 6.58. The van der Waals surface area contributed by atoms with Gasteiger partial charge in [-0.2, -0.15) is 0 Å². The topological polar surface area (TPSA) is 65.2 Å². The third-order valence-electron chi connectivity index (χ3n) is 6.19. The van der Waals surface area contributed by atoms with Crippen molar-refractivity contribution in [2.24, 2.45) is 0 Å². The molecule has 0 amide bonds. The Balaban J connectivity index is 1.58. The van der Waals surface area contributed by atoms with Crippen LogP contribution in [-0.4, -0.2) is 59.0 Å². The number of benzene rings is 1. The van der Waals surface area contributed by atoms with Gasteiger partial charge in [0.05, 0.1) is 25.4 Å². The van der Waals surface area contributed by atoms with Gasteiger partial charge in [0, 0.05) is 11.9 Å². The molecule has 1 aromatic carbocycles. The van der Waals surface area contributed by atoms with Gasteiger partial charge in [-0.05, 0) is 59.0 Å². The van der Waals surface area contributed by atoms with Gasteiger partial charge >= 0.3 is 0 Å². The van der Waals surface area contributed by atoms with E-state index in [2.05, 4.69) is 0 Å². The van der Waals surface area contributed by atoms with Gasteiger partial charge < -0.3 is 33.0 Å². The Labute approximate surface area is 192 Å². The predicted octanol–water partition coefficient (Wildman–Crippen LogP) is 3.89. The molecular formula is C23H30N2O6S. The standard InChI is InChI=1S/C23H30N2O6S/c1-13-11-24(21(32)25(13)14-9-7-8-10-15(14)26-6)17-18(16-12-27-22(2,3)29-16)28-20-19(17)30-23(4,5)31-20/h7-11,16-20H,12H2,1-6H3/t16-,17-,18-,19-,20-/m1/s1. The van der Waals surface area contributed by atoms with Crippen molar-refractivity contribution in [3.05, 3.63) is 40.9 Å². The zero-order chi connectivity index (χ0) is 22.8. The van der Waals surface area contributed by atoms with Crippen LogP contribution in [0.25, 0.3) is 5.69 Å². The monoisotopic (exact) mass is 462 g/mol. The Hall–Kier alpha value is -1.75. The van der Waals surface area contributed by atoms with Gasteiger partial charge in [0.25, 0.3) is 0 Å². The summed E-state index contributed by atoms with van der Waals surface area (Å²) in [6, 6.07) is 7.58. The largest absolute Gasteiger partial charge is 0.495 e. The lowest BCUT2D eigenvalue weighted by Gasteiger charge is -2.29. The molecule has 174 valence electrons. The van der Waals surface area contributed by atoms with Crippen LogP contribution in [0.5, 0.6) is 5.75 Å². The molecule has 9 heteroatoms. The molecule has 0 bridgehead atoms. The minimum absolute atomic E-state index is 0.244. The molecule has 0 aliphatic carbocycles. The number of imidazole rings is 1. The number of rotatable bonds is 4. The quantitative estimate of drug-likeness (QED) is 0.639. The van der Waals surface area contributed by atoms with Gasteiger partial charge in [0.15, 0.2) is 22.6 Å². The van der Waals surface area contributed by atoms with Crippen LogP contribution in [0.3, 0.4) is 0 Å². The molecule has 0 radical (unpaired) electrons. The van der Waals surface area contributed by atoms with Gasteiger partial charge in [-0.25, -0.2) is 0 Å². The van der Waals surface area contributed by atoms with E-state index in [4.69, 9.17) is 40.6 Å². The summed E-state index contributed by atoms with van der Waals surface area (Å²) >= 11 is 5.98. The van der Waals surface area contributed by atoms with Crippen molar-refractivity contribution >= 4 is 12.2 Å². The van der Waals surface area contributed by atoms with Gasteiger partial charge in [0.1, 0.15) is 24.1 Å². The average Bonchev–Trinajstić information content (AvgIpc) is 3.41. The van der Waals surface area contributed by atoms with Crippen LogP contribution in [0.4, 0.5) is 0 Å². The summed E-state index contributed by atoms with van der Waals surface area (Å²) in [5.41, 5.74) is 1.86. The molecule has 0 unspecified atom stereocenters. The Morgan fingerprint density at radius 2 is 1.78 bits per heavy atom. The molecule has 0 N–H and O–H groups in total. The highest BCUT2D eigenvalue weighted by Gasteiger charge is 2.59. The number of fused-ring (bicyclic) bond motifs is 1. The van der Waals surface area contributed by atoms with E-state index >= 15 is 0 Å². The smallest absolute Gasteiger partial charge is 0.189 e. The molecule has 3 fully saturated rings. The van der Waals surface area contributed by atoms with Crippen LogP contribution in [0.1, 0.15) is 39.4 Å². The summed E-state index contributed by atoms with van der Waals surface area (Å²) in [5, 5.41) is 0. The molecular weight excluding hydrogens is 432 g/mol. The Bertz CT molecular complexity index is 1080. The first-order chi connectivity index (χ1) is 15.1. The summed E-state index contributed by atoms with van der Waals surface area (Å²) < 4.78 is 41.0. The highest BCUT2D eigenvalue weighted by Crippen LogP contribution is 2.46. The molecule has 3 saturated heterocycles. The van der Waals surface area contributed by atoms with Crippen LogP contribution in [0, 0.1) is 11.7 Å². The van der Waals surface area contributed by atoms with Crippen molar-refractivity contribution in [2.45, 2.75) is 76.8 Å². The first-order valence-corrected chi connectivity index (χ1v) is 11.3. The number of aryl methyl sites for hydroxylation is 1. The molecule has 2 aromatic rings. The maximum Gasteiger partial charge on any atom is 0.189 e. The van der Waals surface area contributed by atoms with E-state index in [-0.39, 0.29) is 24.4 Å². The first-order valence-electron chi connectivity index (χ1n) is 10.9. The van der Waals surface area contributed by atoms with E-state index in [1.807, 2.05) is 74.2 Å². The van der Waals surface area contributed by atoms with Crippen LogP contribution in [0.15, 0.2) is 30.5 Å². The lowest BCUT2D eigenvalue weighted by atomic mass is 10.0. The number of nitrogens with zero attached hydrogens (tertiary/aromatic N) is 2. The average molecular weight is 463 g/mol. The van der Waals surface area contributed by atoms with Crippen molar-refractivity contribution in [3.8, 4) is 11.4 Å². The highest BCUT2D eigenvalue weighted by atomic mass is 32.1. The summed E-state index contributed by atoms with van der Waals surface area (Å²) in [7, 11) is 1.66. The molecule has 1 aromatic heterocycles.